The van der Waals surface area contributed by atoms with Crippen LogP contribution in [0.2, 0.25) is 0 Å². The van der Waals surface area contributed by atoms with Crippen molar-refractivity contribution in [2.75, 3.05) is 0 Å². The van der Waals surface area contributed by atoms with Crippen LogP contribution in [0, 0.1) is 0 Å². The molecule has 0 saturated carbocycles. The highest BCUT2D eigenvalue weighted by Crippen LogP contribution is 2.47. The van der Waals surface area contributed by atoms with Gasteiger partial charge in [0.1, 0.15) is 0 Å². The fourth-order valence-electron chi connectivity index (χ4n) is 3.11. The van der Waals surface area contributed by atoms with E-state index in [0.29, 0.717) is 6.42 Å². The molecule has 0 N–H and O–H groups in total. The summed E-state index contributed by atoms with van der Waals surface area (Å²) in [6.07, 6.45) is -1.26. The monoisotopic (exact) mass is 267 g/mol. The first kappa shape index (κ1) is 12.7. The zero-order valence-corrected chi connectivity index (χ0v) is 11.2. The third-order valence-corrected chi connectivity index (χ3v) is 3.90. The molecule has 0 radical (unpaired) electrons. The lowest BCUT2D eigenvalue weighted by atomic mass is 9.90. The highest BCUT2D eigenvalue weighted by atomic mass is 16.7. The number of carbonyl (C=O) groups is 1. The highest BCUT2D eigenvalue weighted by molar-refractivity contribution is 5.79. The smallest absolute Gasteiger partial charge is 0.252 e. The molecule has 1 aliphatic rings. The zero-order valence-electron chi connectivity index (χ0n) is 11.2. The summed E-state index contributed by atoms with van der Waals surface area (Å²) in [5.74, 6) is -0.0506. The van der Waals surface area contributed by atoms with E-state index in [1.165, 1.54) is 0 Å². The van der Waals surface area contributed by atoms with Gasteiger partial charge in [0.05, 0.1) is 6.10 Å². The standard InChI is InChI=1S/C17H16O3/c1-2-15(20-17(18)19)16-13-9-5-3-7-11(13)12-8-4-6-10-14(12)16/h3-10,15-16H,2H2,1H3,(H,18,19)/p-1. The molecule has 1 aliphatic carbocycles. The van der Waals surface area contributed by atoms with E-state index in [2.05, 4.69) is 12.1 Å². The first-order valence-electron chi connectivity index (χ1n) is 6.78. The van der Waals surface area contributed by atoms with Crippen molar-refractivity contribution in [2.24, 2.45) is 0 Å². The lowest BCUT2D eigenvalue weighted by Gasteiger charge is -2.28. The second kappa shape index (κ2) is 5.00. The van der Waals surface area contributed by atoms with Gasteiger partial charge in [-0.3, -0.25) is 0 Å². The minimum absolute atomic E-state index is 0.0506. The Labute approximate surface area is 117 Å². The summed E-state index contributed by atoms with van der Waals surface area (Å²) >= 11 is 0. The highest BCUT2D eigenvalue weighted by Gasteiger charge is 2.32. The van der Waals surface area contributed by atoms with Crippen molar-refractivity contribution in [2.45, 2.75) is 25.4 Å². The molecule has 0 aromatic heterocycles. The van der Waals surface area contributed by atoms with Gasteiger partial charge in [-0.2, -0.15) is 0 Å². The number of rotatable bonds is 3. The van der Waals surface area contributed by atoms with Crippen LogP contribution in [0.3, 0.4) is 0 Å². The number of ether oxygens (including phenoxy) is 1. The minimum Gasteiger partial charge on any atom is -0.545 e. The van der Waals surface area contributed by atoms with Gasteiger partial charge in [-0.05, 0) is 28.7 Å². The van der Waals surface area contributed by atoms with Crippen LogP contribution < -0.4 is 5.11 Å². The Balaban J connectivity index is 2.13. The summed E-state index contributed by atoms with van der Waals surface area (Å²) < 4.78 is 5.00. The van der Waals surface area contributed by atoms with Gasteiger partial charge >= 0.3 is 0 Å². The number of carboxylic acid groups (broad SMARTS) is 1. The molecule has 102 valence electrons. The Hall–Kier alpha value is -2.29. The molecule has 0 bridgehead atoms. The van der Waals surface area contributed by atoms with E-state index in [1.807, 2.05) is 43.3 Å². The third kappa shape index (κ3) is 1.95. The zero-order chi connectivity index (χ0) is 14.1. The van der Waals surface area contributed by atoms with Crippen LogP contribution in [-0.2, 0) is 4.74 Å². The molecular formula is C17H15O3-. The van der Waals surface area contributed by atoms with Crippen LogP contribution in [0.15, 0.2) is 48.5 Å². The summed E-state index contributed by atoms with van der Waals surface area (Å²) in [4.78, 5) is 10.8. The molecule has 0 saturated heterocycles. The van der Waals surface area contributed by atoms with Crippen LogP contribution in [-0.4, -0.2) is 12.3 Å². The van der Waals surface area contributed by atoms with Crippen LogP contribution in [0.5, 0.6) is 0 Å². The maximum atomic E-state index is 10.8. The molecule has 3 rings (SSSR count). The van der Waals surface area contributed by atoms with Crippen molar-refractivity contribution in [3.05, 3.63) is 59.7 Å². The van der Waals surface area contributed by atoms with Crippen molar-refractivity contribution in [1.29, 1.82) is 0 Å². The average Bonchev–Trinajstić information content (AvgIpc) is 2.79. The van der Waals surface area contributed by atoms with Gasteiger partial charge < -0.3 is 14.6 Å². The molecule has 3 nitrogen and oxygen atoms in total. The second-order valence-electron chi connectivity index (χ2n) is 4.97. The minimum atomic E-state index is -1.46. The fraction of sp³-hybridized carbons (Fsp3) is 0.235. The number of hydrogen-bond acceptors (Lipinski definition) is 3. The molecule has 3 heteroatoms. The largest absolute Gasteiger partial charge is 0.545 e. The van der Waals surface area contributed by atoms with E-state index in [0.717, 1.165) is 22.3 Å². The molecule has 2 aromatic rings. The molecular weight excluding hydrogens is 252 g/mol. The molecule has 2 aromatic carbocycles. The van der Waals surface area contributed by atoms with Crippen molar-refractivity contribution >= 4 is 6.16 Å². The van der Waals surface area contributed by atoms with Gasteiger partial charge in [0.15, 0.2) is 0 Å². The van der Waals surface area contributed by atoms with E-state index in [9.17, 15) is 9.90 Å². The normalized spacial score (nSPS) is 14.4. The number of carbonyl (C=O) groups excluding carboxylic acids is 1. The number of hydrogen-bond donors (Lipinski definition) is 0. The average molecular weight is 267 g/mol. The quantitative estimate of drug-likeness (QED) is 0.803. The van der Waals surface area contributed by atoms with Gasteiger partial charge in [-0.1, -0.05) is 55.5 Å². The predicted molar refractivity (Wildman–Crippen MR) is 74.3 cm³/mol. The van der Waals surface area contributed by atoms with Crippen molar-refractivity contribution in [3.63, 3.8) is 0 Å². The van der Waals surface area contributed by atoms with Gasteiger partial charge in [0, 0.05) is 5.92 Å². The Kier molecular flexibility index (Phi) is 3.18. The van der Waals surface area contributed by atoms with E-state index >= 15 is 0 Å². The molecule has 0 spiro atoms. The molecule has 1 atom stereocenters. The lowest BCUT2D eigenvalue weighted by molar-refractivity contribution is -0.288. The van der Waals surface area contributed by atoms with Crippen LogP contribution in [0.1, 0.15) is 30.4 Å². The van der Waals surface area contributed by atoms with E-state index in [-0.39, 0.29) is 5.92 Å². The molecule has 0 heterocycles. The SMILES string of the molecule is CCC(OC(=O)[O-])C1c2ccccc2-c2ccccc21. The van der Waals surface area contributed by atoms with E-state index in [4.69, 9.17) is 4.74 Å². The number of fused-ring (bicyclic) bond motifs is 3. The van der Waals surface area contributed by atoms with Crippen molar-refractivity contribution in [1.82, 2.24) is 0 Å². The van der Waals surface area contributed by atoms with Gasteiger partial charge in [0.25, 0.3) is 6.16 Å². The topological polar surface area (TPSA) is 49.4 Å². The maximum Gasteiger partial charge on any atom is 0.252 e. The second-order valence-corrected chi connectivity index (χ2v) is 4.97. The molecule has 0 aliphatic heterocycles. The van der Waals surface area contributed by atoms with Crippen LogP contribution >= 0.6 is 0 Å². The first-order chi connectivity index (χ1) is 9.72. The predicted octanol–water partition coefficient (Wildman–Crippen LogP) is 2.94. The molecule has 1 unspecified atom stereocenters. The summed E-state index contributed by atoms with van der Waals surface area (Å²) in [5, 5.41) is 10.8. The van der Waals surface area contributed by atoms with Crippen molar-refractivity contribution < 1.29 is 14.6 Å². The summed E-state index contributed by atoms with van der Waals surface area (Å²) in [7, 11) is 0. The fourth-order valence-corrected chi connectivity index (χ4v) is 3.11. The maximum absolute atomic E-state index is 10.8. The Morgan fingerprint density at radius 3 is 2.05 bits per heavy atom. The van der Waals surface area contributed by atoms with E-state index < -0.39 is 12.3 Å². The van der Waals surface area contributed by atoms with Gasteiger partial charge in [-0.25, -0.2) is 0 Å². The Bertz CT molecular complexity index is 603. The Morgan fingerprint density at radius 1 is 1.10 bits per heavy atom. The lowest BCUT2D eigenvalue weighted by Crippen LogP contribution is -2.32. The molecule has 20 heavy (non-hydrogen) atoms. The van der Waals surface area contributed by atoms with Crippen LogP contribution in [0.25, 0.3) is 11.1 Å². The first-order valence-corrected chi connectivity index (χ1v) is 6.78. The van der Waals surface area contributed by atoms with Crippen LogP contribution in [0.4, 0.5) is 4.79 Å². The summed E-state index contributed by atoms with van der Waals surface area (Å²) in [6, 6.07) is 16.2. The van der Waals surface area contributed by atoms with Crippen molar-refractivity contribution in [3.8, 4) is 11.1 Å². The molecule has 0 amide bonds. The summed E-state index contributed by atoms with van der Waals surface area (Å²) in [5.41, 5.74) is 4.57. The number of benzene rings is 2. The Morgan fingerprint density at radius 2 is 1.60 bits per heavy atom. The van der Waals surface area contributed by atoms with Gasteiger partial charge in [0.2, 0.25) is 0 Å². The summed E-state index contributed by atoms with van der Waals surface area (Å²) in [6.45, 7) is 1.93. The van der Waals surface area contributed by atoms with E-state index in [1.54, 1.807) is 0 Å². The van der Waals surface area contributed by atoms with Gasteiger partial charge in [-0.15, -0.1) is 0 Å². The molecule has 0 fully saturated rings. The third-order valence-electron chi connectivity index (χ3n) is 3.90.